The van der Waals surface area contributed by atoms with Gasteiger partial charge in [0, 0.05) is 5.39 Å². The van der Waals surface area contributed by atoms with Crippen LogP contribution in [0, 0.1) is 5.92 Å². The first-order valence-corrected chi connectivity index (χ1v) is 8.54. The molecule has 0 unspecified atom stereocenters. The van der Waals surface area contributed by atoms with Crippen LogP contribution >= 0.6 is 0 Å². The van der Waals surface area contributed by atoms with Crippen molar-refractivity contribution in [2.24, 2.45) is 5.92 Å². The van der Waals surface area contributed by atoms with E-state index in [1.807, 2.05) is 19.1 Å². The molecule has 0 aliphatic heterocycles. The molecule has 2 aromatic rings. The van der Waals surface area contributed by atoms with Gasteiger partial charge in [0.15, 0.2) is 5.76 Å². The summed E-state index contributed by atoms with van der Waals surface area (Å²) in [6.07, 6.45) is 3.42. The number of hydroxylamine groups is 2. The van der Waals surface area contributed by atoms with Crippen molar-refractivity contribution in [1.29, 1.82) is 0 Å². The third-order valence-electron chi connectivity index (χ3n) is 4.00. The second-order valence-electron chi connectivity index (χ2n) is 6.01. The molecule has 0 fully saturated rings. The number of rotatable bonds is 9. The lowest BCUT2D eigenvalue weighted by Gasteiger charge is -2.19. The lowest BCUT2D eigenvalue weighted by atomic mass is 10.0. The molecule has 1 atom stereocenters. The molecule has 8 nitrogen and oxygen atoms in total. The van der Waals surface area contributed by atoms with Gasteiger partial charge in [0.05, 0.1) is 12.5 Å². The number of benzene rings is 1. The molecule has 0 saturated heterocycles. The summed E-state index contributed by atoms with van der Waals surface area (Å²) in [5, 5.41) is 10.6. The number of furan rings is 1. The maximum absolute atomic E-state index is 12.3. The van der Waals surface area contributed by atoms with Gasteiger partial charge in [-0.2, -0.15) is 0 Å². The van der Waals surface area contributed by atoms with Crippen LogP contribution in [0.3, 0.4) is 0 Å². The molecular weight excluding hydrogens is 338 g/mol. The molecule has 8 heteroatoms. The summed E-state index contributed by atoms with van der Waals surface area (Å²) in [6, 6.07) is 8.76. The molecule has 0 saturated carbocycles. The zero-order valence-electron chi connectivity index (χ0n) is 14.6. The molecule has 2 rings (SSSR count). The lowest BCUT2D eigenvalue weighted by Crippen LogP contribution is -2.46. The van der Waals surface area contributed by atoms with Gasteiger partial charge in [0.2, 0.25) is 12.3 Å². The highest BCUT2D eigenvalue weighted by molar-refractivity contribution is 5.97. The fourth-order valence-corrected chi connectivity index (χ4v) is 2.59. The molecule has 1 heterocycles. The molecule has 1 aromatic heterocycles. The molecule has 26 heavy (non-hydrogen) atoms. The van der Waals surface area contributed by atoms with Crippen LogP contribution in [0.15, 0.2) is 34.7 Å². The van der Waals surface area contributed by atoms with Crippen LogP contribution in [0.2, 0.25) is 0 Å². The van der Waals surface area contributed by atoms with Gasteiger partial charge in [-0.25, -0.2) is 5.06 Å². The van der Waals surface area contributed by atoms with Crippen LogP contribution in [0.5, 0.6) is 0 Å². The fourth-order valence-electron chi connectivity index (χ4n) is 2.59. The van der Waals surface area contributed by atoms with Gasteiger partial charge < -0.3 is 4.42 Å². The number of amides is 3. The Balaban J connectivity index is 1.94. The quantitative estimate of drug-likeness (QED) is 0.274. The molecule has 140 valence electrons. The van der Waals surface area contributed by atoms with Crippen LogP contribution in [-0.4, -0.2) is 35.0 Å². The fraction of sp³-hybridized carbons (Fsp3) is 0.389. The third kappa shape index (κ3) is 5.32. The van der Waals surface area contributed by atoms with Crippen molar-refractivity contribution in [3.05, 3.63) is 36.1 Å². The second kappa shape index (κ2) is 9.57. The van der Waals surface area contributed by atoms with E-state index in [1.54, 1.807) is 18.2 Å². The number of fused-ring (bicyclic) bond motifs is 1. The van der Waals surface area contributed by atoms with Gasteiger partial charge in [-0.1, -0.05) is 44.4 Å². The Morgan fingerprint density at radius 1 is 1.27 bits per heavy atom. The van der Waals surface area contributed by atoms with Gasteiger partial charge in [-0.05, 0) is 18.6 Å². The summed E-state index contributed by atoms with van der Waals surface area (Å²) in [5.74, 6) is -1.62. The predicted molar refractivity (Wildman–Crippen MR) is 94.0 cm³/mol. The van der Waals surface area contributed by atoms with E-state index in [2.05, 4.69) is 10.9 Å². The van der Waals surface area contributed by atoms with E-state index in [-0.39, 0.29) is 18.7 Å². The van der Waals surface area contributed by atoms with Gasteiger partial charge in [0.1, 0.15) is 5.58 Å². The maximum Gasteiger partial charge on any atom is 0.305 e. The van der Waals surface area contributed by atoms with Gasteiger partial charge in [-0.3, -0.25) is 30.4 Å². The second-order valence-corrected chi connectivity index (χ2v) is 6.01. The molecule has 0 bridgehead atoms. The Hall–Kier alpha value is -2.87. The molecule has 0 aliphatic carbocycles. The number of carbonyl (C=O) groups excluding carboxylic acids is 3. The standard InChI is InChI=1S/C18H23N3O5/c1-2-3-4-8-14(11-21(25)12-22)17(23)19-20-18(24)16-10-13-7-5-6-9-15(13)26-16/h5-7,9-10,12,14,25H,2-4,8,11H2,1H3,(H,19,23)(H,20,24)/t14-/m1/s1. The molecule has 0 radical (unpaired) electrons. The summed E-state index contributed by atoms with van der Waals surface area (Å²) in [7, 11) is 0. The molecule has 3 amide bonds. The first-order chi connectivity index (χ1) is 12.5. The van der Waals surface area contributed by atoms with Crippen molar-refractivity contribution in [2.45, 2.75) is 32.6 Å². The maximum atomic E-state index is 12.3. The summed E-state index contributed by atoms with van der Waals surface area (Å²) in [4.78, 5) is 35.0. The molecule has 0 spiro atoms. The van der Waals surface area contributed by atoms with E-state index in [0.29, 0.717) is 17.1 Å². The van der Waals surface area contributed by atoms with Crippen LogP contribution in [0.25, 0.3) is 11.0 Å². The summed E-state index contributed by atoms with van der Waals surface area (Å²) in [5.41, 5.74) is 5.20. The Morgan fingerprint density at radius 2 is 2.04 bits per heavy atom. The summed E-state index contributed by atoms with van der Waals surface area (Å²) >= 11 is 0. The highest BCUT2D eigenvalue weighted by atomic mass is 16.5. The number of nitrogens with one attached hydrogen (secondary N) is 2. The van der Waals surface area contributed by atoms with Crippen LogP contribution in [0.1, 0.15) is 43.2 Å². The van der Waals surface area contributed by atoms with Crippen molar-refractivity contribution in [1.82, 2.24) is 15.9 Å². The number of carbonyl (C=O) groups is 3. The average Bonchev–Trinajstić information content (AvgIpc) is 3.09. The first-order valence-electron chi connectivity index (χ1n) is 8.54. The zero-order valence-corrected chi connectivity index (χ0v) is 14.6. The first kappa shape index (κ1) is 19.5. The van der Waals surface area contributed by atoms with Gasteiger partial charge in [-0.15, -0.1) is 0 Å². The lowest BCUT2D eigenvalue weighted by molar-refractivity contribution is -0.154. The Bertz CT molecular complexity index is 725. The average molecular weight is 361 g/mol. The zero-order chi connectivity index (χ0) is 18.9. The molecule has 1 aromatic carbocycles. The number of hydrogen-bond donors (Lipinski definition) is 3. The van der Waals surface area contributed by atoms with Crippen LogP contribution < -0.4 is 10.9 Å². The molecule has 0 aliphatic rings. The minimum atomic E-state index is -0.632. The smallest absolute Gasteiger partial charge is 0.305 e. The highest BCUT2D eigenvalue weighted by Gasteiger charge is 2.22. The van der Waals surface area contributed by atoms with Crippen molar-refractivity contribution in [3.8, 4) is 0 Å². The van der Waals surface area contributed by atoms with Crippen molar-refractivity contribution in [3.63, 3.8) is 0 Å². The largest absolute Gasteiger partial charge is 0.451 e. The van der Waals surface area contributed by atoms with E-state index in [0.717, 1.165) is 24.6 Å². The predicted octanol–water partition coefficient (Wildman–Crippen LogP) is 2.24. The van der Waals surface area contributed by atoms with Crippen LogP contribution in [-0.2, 0) is 9.59 Å². The minimum absolute atomic E-state index is 0.0747. The van der Waals surface area contributed by atoms with Gasteiger partial charge in [0.25, 0.3) is 0 Å². The topological polar surface area (TPSA) is 112 Å². The molecular formula is C18H23N3O5. The highest BCUT2D eigenvalue weighted by Crippen LogP contribution is 2.18. The number of nitrogens with zero attached hydrogens (tertiary/aromatic N) is 1. The Morgan fingerprint density at radius 3 is 2.73 bits per heavy atom. The number of unbranched alkanes of at least 4 members (excludes halogenated alkanes) is 2. The van der Waals surface area contributed by atoms with Crippen LogP contribution in [0.4, 0.5) is 0 Å². The van der Waals surface area contributed by atoms with E-state index in [1.165, 1.54) is 0 Å². The summed E-state index contributed by atoms with van der Waals surface area (Å²) in [6.45, 7) is 1.89. The van der Waals surface area contributed by atoms with Crippen molar-refractivity contribution in [2.75, 3.05) is 6.54 Å². The van der Waals surface area contributed by atoms with E-state index >= 15 is 0 Å². The number of hydrogen-bond acceptors (Lipinski definition) is 5. The van der Waals surface area contributed by atoms with E-state index < -0.39 is 17.7 Å². The SMILES string of the molecule is CCCCC[C@H](CN(O)C=O)C(=O)NNC(=O)c1cc2ccccc2o1. The minimum Gasteiger partial charge on any atom is -0.451 e. The van der Waals surface area contributed by atoms with Crippen molar-refractivity contribution >= 4 is 29.2 Å². The van der Waals surface area contributed by atoms with E-state index in [9.17, 15) is 19.6 Å². The normalized spacial score (nSPS) is 11.8. The van der Waals surface area contributed by atoms with E-state index in [4.69, 9.17) is 4.42 Å². The Labute approximate surface area is 151 Å². The number of para-hydroxylation sites is 1. The summed E-state index contributed by atoms with van der Waals surface area (Å²) < 4.78 is 5.43. The van der Waals surface area contributed by atoms with Gasteiger partial charge >= 0.3 is 5.91 Å². The monoisotopic (exact) mass is 361 g/mol. The Kier molecular flexibility index (Phi) is 7.16. The molecule has 3 N–H and O–H groups in total. The third-order valence-corrected chi connectivity index (χ3v) is 4.00. The number of hydrazine groups is 1. The van der Waals surface area contributed by atoms with Crippen molar-refractivity contribution < 1.29 is 24.0 Å².